The Morgan fingerprint density at radius 3 is 2.12 bits per heavy atom. The lowest BCUT2D eigenvalue weighted by atomic mass is 9.99. The van der Waals surface area contributed by atoms with Crippen LogP contribution in [0, 0.1) is 5.41 Å². The van der Waals surface area contributed by atoms with E-state index in [1.807, 2.05) is 0 Å². The zero-order valence-electron chi connectivity index (χ0n) is 9.21. The van der Waals surface area contributed by atoms with Crippen molar-refractivity contribution >= 4 is 11.9 Å². The van der Waals surface area contributed by atoms with Crippen molar-refractivity contribution in [2.45, 2.75) is 12.3 Å². The molecule has 1 atom stereocenters. The maximum atomic E-state index is 11.0. The first kappa shape index (κ1) is 11.4. The molecule has 0 heterocycles. The molecule has 17 heavy (non-hydrogen) atoms. The van der Waals surface area contributed by atoms with Gasteiger partial charge in [0.1, 0.15) is 5.75 Å². The minimum atomic E-state index is -1.64. The van der Waals surface area contributed by atoms with Crippen molar-refractivity contribution in [3.05, 3.63) is 29.8 Å². The van der Waals surface area contributed by atoms with E-state index >= 15 is 0 Å². The molecule has 5 heteroatoms. The second kappa shape index (κ2) is 3.76. The number of benzene rings is 1. The van der Waals surface area contributed by atoms with E-state index in [4.69, 9.17) is 14.9 Å². The van der Waals surface area contributed by atoms with E-state index in [1.54, 1.807) is 24.3 Å². The van der Waals surface area contributed by atoms with Gasteiger partial charge in [-0.3, -0.25) is 9.59 Å². The molecule has 2 rings (SSSR count). The van der Waals surface area contributed by atoms with Crippen LogP contribution in [-0.4, -0.2) is 29.3 Å². The molecule has 0 aliphatic heterocycles. The number of ether oxygens (including phenoxy) is 1. The number of carboxylic acid groups (broad SMARTS) is 2. The fourth-order valence-corrected chi connectivity index (χ4v) is 2.07. The zero-order valence-corrected chi connectivity index (χ0v) is 9.21. The van der Waals surface area contributed by atoms with Crippen LogP contribution >= 0.6 is 0 Å². The number of carbonyl (C=O) groups is 2. The van der Waals surface area contributed by atoms with E-state index in [1.165, 1.54) is 7.11 Å². The van der Waals surface area contributed by atoms with Crippen molar-refractivity contribution in [1.29, 1.82) is 0 Å². The van der Waals surface area contributed by atoms with Crippen LogP contribution in [-0.2, 0) is 9.59 Å². The van der Waals surface area contributed by atoms with Crippen molar-refractivity contribution in [1.82, 2.24) is 0 Å². The van der Waals surface area contributed by atoms with Gasteiger partial charge in [-0.05, 0) is 24.1 Å². The molecule has 1 aliphatic rings. The van der Waals surface area contributed by atoms with Gasteiger partial charge < -0.3 is 14.9 Å². The molecule has 2 N–H and O–H groups in total. The molecule has 1 aromatic carbocycles. The maximum Gasteiger partial charge on any atom is 0.321 e. The summed E-state index contributed by atoms with van der Waals surface area (Å²) in [4.78, 5) is 22.1. The van der Waals surface area contributed by atoms with Gasteiger partial charge in [-0.1, -0.05) is 12.1 Å². The van der Waals surface area contributed by atoms with Crippen LogP contribution in [0.5, 0.6) is 5.75 Å². The van der Waals surface area contributed by atoms with Crippen LogP contribution in [0.3, 0.4) is 0 Å². The number of hydrogen-bond acceptors (Lipinski definition) is 3. The molecule has 0 amide bonds. The summed E-state index contributed by atoms with van der Waals surface area (Å²) in [5.41, 5.74) is -0.926. The van der Waals surface area contributed by atoms with E-state index < -0.39 is 23.3 Å². The lowest BCUT2D eigenvalue weighted by Crippen LogP contribution is -2.26. The van der Waals surface area contributed by atoms with Crippen LogP contribution in [0.4, 0.5) is 0 Å². The molecule has 0 bridgehead atoms. The Morgan fingerprint density at radius 2 is 1.76 bits per heavy atom. The minimum Gasteiger partial charge on any atom is -0.497 e. The lowest BCUT2D eigenvalue weighted by molar-refractivity contribution is -0.157. The number of hydrogen-bond donors (Lipinski definition) is 2. The van der Waals surface area contributed by atoms with Crippen molar-refractivity contribution in [3.63, 3.8) is 0 Å². The normalized spacial score (nSPS) is 20.6. The summed E-state index contributed by atoms with van der Waals surface area (Å²) in [6.07, 6.45) is 0.143. The highest BCUT2D eigenvalue weighted by atomic mass is 16.5. The second-order valence-electron chi connectivity index (χ2n) is 4.11. The third kappa shape index (κ3) is 1.63. The van der Waals surface area contributed by atoms with Crippen molar-refractivity contribution in [3.8, 4) is 5.75 Å². The van der Waals surface area contributed by atoms with Crippen LogP contribution in [0.15, 0.2) is 24.3 Å². The van der Waals surface area contributed by atoms with Crippen LogP contribution in [0.1, 0.15) is 17.9 Å². The quantitative estimate of drug-likeness (QED) is 0.770. The molecule has 0 radical (unpaired) electrons. The van der Waals surface area contributed by atoms with E-state index in [-0.39, 0.29) is 6.42 Å². The van der Waals surface area contributed by atoms with E-state index in [9.17, 15) is 9.59 Å². The molecule has 0 saturated heterocycles. The van der Waals surface area contributed by atoms with Crippen LogP contribution < -0.4 is 4.74 Å². The van der Waals surface area contributed by atoms with Crippen molar-refractivity contribution in [2.24, 2.45) is 5.41 Å². The predicted molar refractivity (Wildman–Crippen MR) is 58.1 cm³/mol. The molecule has 0 spiro atoms. The van der Waals surface area contributed by atoms with Gasteiger partial charge in [-0.15, -0.1) is 0 Å². The average Bonchev–Trinajstić information content (AvgIpc) is 3.06. The largest absolute Gasteiger partial charge is 0.497 e. The highest BCUT2D eigenvalue weighted by Gasteiger charge is 2.67. The van der Waals surface area contributed by atoms with Gasteiger partial charge in [0.15, 0.2) is 5.41 Å². The van der Waals surface area contributed by atoms with Gasteiger partial charge in [0.2, 0.25) is 0 Å². The summed E-state index contributed by atoms with van der Waals surface area (Å²) in [5, 5.41) is 18.0. The smallest absolute Gasteiger partial charge is 0.321 e. The standard InChI is InChI=1S/C12H12O5/c1-17-8-4-2-7(3-5-8)9-6-12(9,10(13)14)11(15)16/h2-5,9H,6H2,1H3,(H,13,14)(H,15,16)/t9-/m1/s1. The van der Waals surface area contributed by atoms with Gasteiger partial charge in [0.25, 0.3) is 0 Å². The Balaban J connectivity index is 2.26. The fourth-order valence-electron chi connectivity index (χ4n) is 2.07. The number of aliphatic carboxylic acids is 2. The van der Waals surface area contributed by atoms with Gasteiger partial charge in [-0.25, -0.2) is 0 Å². The number of rotatable bonds is 4. The summed E-state index contributed by atoms with van der Waals surface area (Å²) in [6.45, 7) is 0. The number of methoxy groups -OCH3 is 1. The molecule has 0 aromatic heterocycles. The molecular formula is C12H12O5. The Hall–Kier alpha value is -2.04. The molecule has 90 valence electrons. The Labute approximate surface area is 97.6 Å². The molecule has 1 aliphatic carbocycles. The first-order valence-electron chi connectivity index (χ1n) is 5.13. The SMILES string of the molecule is COc1ccc([C@H]2CC2(C(=O)O)C(=O)O)cc1. The van der Waals surface area contributed by atoms with E-state index in [0.29, 0.717) is 5.75 Å². The second-order valence-corrected chi connectivity index (χ2v) is 4.11. The molecule has 0 unspecified atom stereocenters. The summed E-state index contributed by atoms with van der Waals surface area (Å²) in [7, 11) is 1.53. The molecular weight excluding hydrogens is 224 g/mol. The lowest BCUT2D eigenvalue weighted by Gasteiger charge is -2.07. The third-order valence-electron chi connectivity index (χ3n) is 3.24. The predicted octanol–water partition coefficient (Wildman–Crippen LogP) is 1.34. The van der Waals surface area contributed by atoms with E-state index in [2.05, 4.69) is 0 Å². The highest BCUT2D eigenvalue weighted by molar-refractivity contribution is 6.03. The maximum absolute atomic E-state index is 11.0. The molecule has 1 fully saturated rings. The Bertz CT molecular complexity index is 448. The molecule has 5 nitrogen and oxygen atoms in total. The summed E-state index contributed by atoms with van der Waals surface area (Å²) in [6, 6.07) is 6.80. The van der Waals surface area contributed by atoms with Gasteiger partial charge >= 0.3 is 11.9 Å². The topological polar surface area (TPSA) is 83.8 Å². The summed E-state index contributed by atoms with van der Waals surface area (Å²) >= 11 is 0. The monoisotopic (exact) mass is 236 g/mol. The Kier molecular flexibility index (Phi) is 2.53. The summed E-state index contributed by atoms with van der Waals surface area (Å²) in [5.74, 6) is -2.34. The van der Waals surface area contributed by atoms with E-state index in [0.717, 1.165) is 5.56 Å². The first-order valence-corrected chi connectivity index (χ1v) is 5.13. The van der Waals surface area contributed by atoms with Gasteiger partial charge in [-0.2, -0.15) is 0 Å². The minimum absolute atomic E-state index is 0.143. The fraction of sp³-hybridized carbons (Fsp3) is 0.333. The van der Waals surface area contributed by atoms with Gasteiger partial charge in [0.05, 0.1) is 7.11 Å². The van der Waals surface area contributed by atoms with Crippen LogP contribution in [0.2, 0.25) is 0 Å². The van der Waals surface area contributed by atoms with Crippen molar-refractivity contribution in [2.75, 3.05) is 7.11 Å². The van der Waals surface area contributed by atoms with Crippen molar-refractivity contribution < 1.29 is 24.5 Å². The highest BCUT2D eigenvalue weighted by Crippen LogP contribution is 2.59. The molecule has 1 aromatic rings. The number of carboxylic acids is 2. The molecule has 1 saturated carbocycles. The summed E-state index contributed by atoms with van der Waals surface area (Å²) < 4.78 is 4.98. The third-order valence-corrected chi connectivity index (χ3v) is 3.24. The first-order chi connectivity index (χ1) is 8.02. The zero-order chi connectivity index (χ0) is 12.6. The average molecular weight is 236 g/mol. The Morgan fingerprint density at radius 1 is 1.24 bits per heavy atom. The van der Waals surface area contributed by atoms with Crippen LogP contribution in [0.25, 0.3) is 0 Å². The van der Waals surface area contributed by atoms with Gasteiger partial charge in [0, 0.05) is 5.92 Å².